The van der Waals surface area contributed by atoms with Gasteiger partial charge in [0.05, 0.1) is 15.7 Å². The van der Waals surface area contributed by atoms with E-state index in [0.717, 1.165) is 15.8 Å². The van der Waals surface area contributed by atoms with Gasteiger partial charge >= 0.3 is 5.69 Å². The van der Waals surface area contributed by atoms with E-state index < -0.39 is 0 Å². The van der Waals surface area contributed by atoms with Crippen molar-refractivity contribution in [3.8, 4) is 17.1 Å². The van der Waals surface area contributed by atoms with Crippen molar-refractivity contribution in [1.29, 1.82) is 0 Å². The van der Waals surface area contributed by atoms with Crippen molar-refractivity contribution >= 4 is 35.0 Å². The van der Waals surface area contributed by atoms with Gasteiger partial charge < -0.3 is 0 Å². The van der Waals surface area contributed by atoms with Gasteiger partial charge in [-0.3, -0.25) is 23.5 Å². The number of hydrogen-bond donors (Lipinski definition) is 0. The normalized spacial score (nSPS) is 11.1. The van der Waals surface area contributed by atoms with E-state index in [1.165, 1.54) is 29.4 Å². The van der Waals surface area contributed by atoms with Gasteiger partial charge in [-0.25, -0.2) is 4.79 Å². The number of nitrogens with zero attached hydrogens (tertiary/aromatic N) is 6. The Kier molecular flexibility index (Phi) is 5.99. The molecule has 0 saturated carbocycles. The summed E-state index contributed by atoms with van der Waals surface area (Å²) < 4.78 is 4.34. The van der Waals surface area contributed by atoms with Gasteiger partial charge in [0.25, 0.3) is 5.56 Å². The predicted molar refractivity (Wildman–Crippen MR) is 121 cm³/mol. The van der Waals surface area contributed by atoms with Crippen molar-refractivity contribution in [1.82, 2.24) is 28.9 Å². The molecule has 0 aliphatic rings. The number of halogens is 2. The summed E-state index contributed by atoms with van der Waals surface area (Å²) in [7, 11) is 3.07. The molecule has 0 saturated heterocycles. The monoisotopic (exact) mass is 474 g/mol. The van der Waals surface area contributed by atoms with Gasteiger partial charge in [0.2, 0.25) is 0 Å². The molecule has 8 nitrogen and oxygen atoms in total. The van der Waals surface area contributed by atoms with Gasteiger partial charge in [-0.05, 0) is 30.3 Å². The Morgan fingerprint density at radius 2 is 1.81 bits per heavy atom. The maximum atomic E-state index is 12.2. The molecule has 0 atom stereocenters. The SMILES string of the molecule is Cn1c(CSc2nnc(-c3cccnc3)n2-c2ccc(Cl)c(Cl)c2)cc(=O)n(C)c1=O. The molecule has 1 aromatic carbocycles. The lowest BCUT2D eigenvalue weighted by atomic mass is 10.2. The van der Waals surface area contributed by atoms with Crippen molar-refractivity contribution in [3.63, 3.8) is 0 Å². The molecule has 0 N–H and O–H groups in total. The maximum absolute atomic E-state index is 12.2. The number of thioether (sulfide) groups is 1. The number of aromatic nitrogens is 6. The van der Waals surface area contributed by atoms with E-state index >= 15 is 0 Å². The van der Waals surface area contributed by atoms with Crippen LogP contribution in [-0.4, -0.2) is 28.9 Å². The third-order valence-corrected chi connectivity index (χ3v) is 6.39. The van der Waals surface area contributed by atoms with Crippen molar-refractivity contribution in [2.24, 2.45) is 14.1 Å². The van der Waals surface area contributed by atoms with Crippen molar-refractivity contribution < 1.29 is 0 Å². The summed E-state index contributed by atoms with van der Waals surface area (Å²) >= 11 is 13.7. The van der Waals surface area contributed by atoms with Crippen LogP contribution in [0.2, 0.25) is 10.0 Å². The Labute approximate surface area is 191 Å². The first-order valence-electron chi connectivity index (χ1n) is 9.07. The van der Waals surface area contributed by atoms with E-state index in [2.05, 4.69) is 15.2 Å². The summed E-state index contributed by atoms with van der Waals surface area (Å²) in [6.45, 7) is 0. The average Bonchev–Trinajstić information content (AvgIpc) is 3.20. The lowest BCUT2D eigenvalue weighted by Gasteiger charge is -2.12. The van der Waals surface area contributed by atoms with Gasteiger partial charge in [-0.15, -0.1) is 10.2 Å². The number of pyridine rings is 1. The Bertz CT molecular complexity index is 1380. The molecule has 4 aromatic rings. The van der Waals surface area contributed by atoms with Crippen LogP contribution in [0.1, 0.15) is 5.69 Å². The van der Waals surface area contributed by atoms with Crippen molar-refractivity contribution in [2.45, 2.75) is 10.9 Å². The van der Waals surface area contributed by atoms with Crippen LogP contribution in [0.4, 0.5) is 0 Å². The van der Waals surface area contributed by atoms with E-state index in [9.17, 15) is 9.59 Å². The summed E-state index contributed by atoms with van der Waals surface area (Å²) in [5.41, 5.74) is 1.32. The van der Waals surface area contributed by atoms with Crippen LogP contribution in [0.5, 0.6) is 0 Å². The van der Waals surface area contributed by atoms with Crippen molar-refractivity contribution in [2.75, 3.05) is 0 Å². The first-order valence-corrected chi connectivity index (χ1v) is 10.8. The highest BCUT2D eigenvalue weighted by molar-refractivity contribution is 7.98. The lowest BCUT2D eigenvalue weighted by molar-refractivity contribution is 0.664. The van der Waals surface area contributed by atoms with E-state index in [1.807, 2.05) is 22.8 Å². The van der Waals surface area contributed by atoms with Crippen LogP contribution in [0, 0.1) is 0 Å². The van der Waals surface area contributed by atoms with Gasteiger partial charge in [0.1, 0.15) is 0 Å². The highest BCUT2D eigenvalue weighted by Crippen LogP contribution is 2.32. The summed E-state index contributed by atoms with van der Waals surface area (Å²) in [5, 5.41) is 10.1. The molecule has 31 heavy (non-hydrogen) atoms. The minimum atomic E-state index is -0.384. The summed E-state index contributed by atoms with van der Waals surface area (Å²) in [5.74, 6) is 0.917. The Morgan fingerprint density at radius 1 is 1.00 bits per heavy atom. The lowest BCUT2D eigenvalue weighted by Crippen LogP contribution is -2.37. The third kappa shape index (κ3) is 4.16. The molecule has 3 aromatic heterocycles. The van der Waals surface area contributed by atoms with Crippen LogP contribution in [0.15, 0.2) is 63.5 Å². The minimum absolute atomic E-state index is 0.342. The Balaban J connectivity index is 1.78. The number of rotatable bonds is 5. The van der Waals surface area contributed by atoms with Gasteiger partial charge in [0.15, 0.2) is 11.0 Å². The Hall–Kier alpha value is -2.88. The van der Waals surface area contributed by atoms with Crippen LogP contribution >= 0.6 is 35.0 Å². The van der Waals surface area contributed by atoms with E-state index in [4.69, 9.17) is 23.2 Å². The van der Waals surface area contributed by atoms with Crippen LogP contribution in [0.3, 0.4) is 0 Å². The van der Waals surface area contributed by atoms with E-state index in [0.29, 0.717) is 32.5 Å². The standard InChI is InChI=1S/C20H16Cl2N6O2S/c1-26-14(9-17(29)27(2)20(26)30)11-31-19-25-24-18(12-4-3-7-23-10-12)28(19)13-5-6-15(21)16(22)8-13/h3-10H,11H2,1-2H3. The second kappa shape index (κ2) is 8.70. The molecule has 0 fully saturated rings. The fourth-order valence-electron chi connectivity index (χ4n) is 2.96. The quantitative estimate of drug-likeness (QED) is 0.412. The fraction of sp³-hybridized carbons (Fsp3) is 0.150. The summed E-state index contributed by atoms with van der Waals surface area (Å²) in [6, 6.07) is 10.4. The number of hydrogen-bond acceptors (Lipinski definition) is 6. The first-order chi connectivity index (χ1) is 14.9. The fourth-order valence-corrected chi connectivity index (χ4v) is 4.22. The zero-order valence-electron chi connectivity index (χ0n) is 16.5. The first kappa shape index (κ1) is 21.4. The largest absolute Gasteiger partial charge is 0.330 e. The second-order valence-electron chi connectivity index (χ2n) is 6.64. The number of benzene rings is 1. The predicted octanol–water partition coefficient (Wildman–Crippen LogP) is 3.33. The maximum Gasteiger partial charge on any atom is 0.330 e. The summed E-state index contributed by atoms with van der Waals surface area (Å²) in [6.07, 6.45) is 3.37. The highest BCUT2D eigenvalue weighted by Gasteiger charge is 2.18. The molecule has 0 unspecified atom stereocenters. The van der Waals surface area contributed by atoms with E-state index in [1.54, 1.807) is 31.6 Å². The highest BCUT2D eigenvalue weighted by atomic mass is 35.5. The zero-order chi connectivity index (χ0) is 22.1. The molecule has 0 aliphatic heterocycles. The summed E-state index contributed by atoms with van der Waals surface area (Å²) in [4.78, 5) is 28.4. The molecule has 0 spiro atoms. The molecule has 0 aliphatic carbocycles. The molecule has 0 radical (unpaired) electrons. The molecule has 11 heteroatoms. The average molecular weight is 475 g/mol. The topological polar surface area (TPSA) is 87.6 Å². The zero-order valence-corrected chi connectivity index (χ0v) is 18.8. The molecular weight excluding hydrogens is 459 g/mol. The van der Waals surface area contributed by atoms with Gasteiger partial charge in [-0.1, -0.05) is 35.0 Å². The third-order valence-electron chi connectivity index (χ3n) is 4.69. The molecule has 0 amide bonds. The molecular formula is C20H16Cl2N6O2S. The second-order valence-corrected chi connectivity index (χ2v) is 8.40. The van der Waals surface area contributed by atoms with Gasteiger partial charge in [0, 0.05) is 49.6 Å². The molecule has 0 bridgehead atoms. The van der Waals surface area contributed by atoms with Crippen LogP contribution < -0.4 is 11.2 Å². The van der Waals surface area contributed by atoms with E-state index in [-0.39, 0.29) is 11.2 Å². The van der Waals surface area contributed by atoms with Crippen LogP contribution in [-0.2, 0) is 19.8 Å². The Morgan fingerprint density at radius 3 is 2.52 bits per heavy atom. The van der Waals surface area contributed by atoms with Crippen LogP contribution in [0.25, 0.3) is 17.1 Å². The van der Waals surface area contributed by atoms with Crippen molar-refractivity contribution in [3.05, 3.63) is 85.4 Å². The minimum Gasteiger partial charge on any atom is -0.300 e. The molecule has 3 heterocycles. The molecule has 4 rings (SSSR count). The van der Waals surface area contributed by atoms with Gasteiger partial charge in [-0.2, -0.15) is 0 Å². The smallest absolute Gasteiger partial charge is 0.300 e. The molecule has 158 valence electrons.